The summed E-state index contributed by atoms with van der Waals surface area (Å²) in [5.74, 6) is 0.573. The maximum Gasteiger partial charge on any atom is 0.255 e. The van der Waals surface area contributed by atoms with Crippen molar-refractivity contribution in [3.05, 3.63) is 17.8 Å². The summed E-state index contributed by atoms with van der Waals surface area (Å²) in [5.41, 5.74) is 0.152. The molecule has 1 saturated carbocycles. The van der Waals surface area contributed by atoms with E-state index in [4.69, 9.17) is 9.88 Å². The first-order chi connectivity index (χ1) is 8.19. The van der Waals surface area contributed by atoms with Crippen molar-refractivity contribution < 1.29 is 13.2 Å². The Morgan fingerprint density at radius 1 is 1.39 bits per heavy atom. The van der Waals surface area contributed by atoms with E-state index in [2.05, 4.69) is 4.98 Å². The summed E-state index contributed by atoms with van der Waals surface area (Å²) >= 11 is 0. The Morgan fingerprint density at radius 3 is 2.44 bits per heavy atom. The van der Waals surface area contributed by atoms with Gasteiger partial charge in [0.15, 0.2) is 5.03 Å². The maximum atomic E-state index is 11.6. The average Bonchev–Trinajstić information content (AvgIpc) is 2.98. The number of nitrogens with two attached hydrogens (primary N) is 1. The Balaban J connectivity index is 2.59. The van der Waals surface area contributed by atoms with Crippen LogP contribution in [0, 0.1) is 0 Å². The summed E-state index contributed by atoms with van der Waals surface area (Å²) < 4.78 is 29.0. The minimum atomic E-state index is -3.85. The van der Waals surface area contributed by atoms with E-state index >= 15 is 0 Å². The van der Waals surface area contributed by atoms with E-state index in [1.54, 1.807) is 6.07 Å². The lowest BCUT2D eigenvalue weighted by Crippen LogP contribution is -2.24. The van der Waals surface area contributed by atoms with Gasteiger partial charge in [-0.1, -0.05) is 20.8 Å². The molecule has 2 N–H and O–H groups in total. The summed E-state index contributed by atoms with van der Waals surface area (Å²) in [6, 6.07) is 1.70. The highest BCUT2D eigenvalue weighted by Gasteiger charge is 2.32. The lowest BCUT2D eigenvalue weighted by Gasteiger charge is -2.24. The molecule has 0 amide bonds. The molecule has 0 bridgehead atoms. The van der Waals surface area contributed by atoms with Gasteiger partial charge in [0, 0.05) is 11.8 Å². The quantitative estimate of drug-likeness (QED) is 0.903. The fourth-order valence-electron chi connectivity index (χ4n) is 1.80. The van der Waals surface area contributed by atoms with Gasteiger partial charge in [0.2, 0.25) is 0 Å². The largest absolute Gasteiger partial charge is 0.490 e. The SMILES string of the molecule is CC(C)(C)c1c(OC2CC2)ccnc1S(N)(=O)=O. The third-order valence-corrected chi connectivity index (χ3v) is 3.56. The smallest absolute Gasteiger partial charge is 0.255 e. The Labute approximate surface area is 107 Å². The molecule has 0 radical (unpaired) electrons. The Hall–Kier alpha value is -1.14. The highest BCUT2D eigenvalue weighted by atomic mass is 32.2. The number of hydrogen-bond acceptors (Lipinski definition) is 4. The van der Waals surface area contributed by atoms with Crippen LogP contribution in [0.15, 0.2) is 17.3 Å². The van der Waals surface area contributed by atoms with Crippen LogP contribution >= 0.6 is 0 Å². The van der Waals surface area contributed by atoms with E-state index in [9.17, 15) is 8.42 Å². The van der Waals surface area contributed by atoms with Gasteiger partial charge in [-0.3, -0.25) is 0 Å². The second kappa shape index (κ2) is 4.20. The zero-order valence-electron chi connectivity index (χ0n) is 10.8. The van der Waals surface area contributed by atoms with Gasteiger partial charge < -0.3 is 4.74 Å². The maximum absolute atomic E-state index is 11.6. The Morgan fingerprint density at radius 2 is 2.00 bits per heavy atom. The fourth-order valence-corrected chi connectivity index (χ4v) is 2.69. The molecule has 1 aromatic rings. The fraction of sp³-hybridized carbons (Fsp3) is 0.583. The zero-order valence-corrected chi connectivity index (χ0v) is 11.6. The van der Waals surface area contributed by atoms with Crippen molar-refractivity contribution in [3.8, 4) is 5.75 Å². The molecule has 0 unspecified atom stereocenters. The van der Waals surface area contributed by atoms with Gasteiger partial charge in [-0.15, -0.1) is 0 Å². The molecule has 100 valence electrons. The highest BCUT2D eigenvalue weighted by Crippen LogP contribution is 2.37. The second-order valence-corrected chi connectivity index (χ2v) is 7.08. The monoisotopic (exact) mass is 270 g/mol. The van der Waals surface area contributed by atoms with Crippen LogP contribution in [0.4, 0.5) is 0 Å². The van der Waals surface area contributed by atoms with Crippen molar-refractivity contribution in [3.63, 3.8) is 0 Å². The first kappa shape index (κ1) is 13.3. The zero-order chi connectivity index (χ0) is 13.6. The van der Waals surface area contributed by atoms with Crippen LogP contribution in [0.2, 0.25) is 0 Å². The van der Waals surface area contributed by atoms with E-state index in [1.807, 2.05) is 20.8 Å². The minimum Gasteiger partial charge on any atom is -0.490 e. The van der Waals surface area contributed by atoms with Crippen LogP contribution in [0.1, 0.15) is 39.2 Å². The molecule has 0 spiro atoms. The van der Waals surface area contributed by atoms with Gasteiger partial charge in [0.05, 0.1) is 6.10 Å². The third kappa shape index (κ3) is 2.81. The average molecular weight is 270 g/mol. The summed E-state index contributed by atoms with van der Waals surface area (Å²) in [6.07, 6.45) is 3.64. The molecule has 0 aliphatic heterocycles. The normalized spacial score (nSPS) is 16.7. The van der Waals surface area contributed by atoms with Crippen molar-refractivity contribution >= 4 is 10.0 Å². The van der Waals surface area contributed by atoms with E-state index < -0.39 is 15.4 Å². The van der Waals surface area contributed by atoms with Crippen LogP contribution < -0.4 is 9.88 Å². The molecule has 0 saturated heterocycles. The van der Waals surface area contributed by atoms with Crippen LogP contribution in [0.3, 0.4) is 0 Å². The standard InChI is InChI=1S/C12H18N2O3S/c1-12(2,3)10-9(17-8-4-5-8)6-7-14-11(10)18(13,15)16/h6-8H,4-5H2,1-3H3,(H2,13,15,16). The van der Waals surface area contributed by atoms with Crippen molar-refractivity contribution in [2.24, 2.45) is 5.14 Å². The Kier molecular flexibility index (Phi) is 3.11. The molecule has 1 aliphatic rings. The van der Waals surface area contributed by atoms with Crippen LogP contribution in [0.5, 0.6) is 5.75 Å². The molecule has 1 aliphatic carbocycles. The molecule has 0 aromatic carbocycles. The number of ether oxygens (including phenoxy) is 1. The van der Waals surface area contributed by atoms with Crippen molar-refractivity contribution in [1.29, 1.82) is 0 Å². The molecule has 0 atom stereocenters. The first-order valence-corrected chi connectivity index (χ1v) is 7.43. The van der Waals surface area contributed by atoms with Gasteiger partial charge in [-0.25, -0.2) is 18.5 Å². The molecule has 1 heterocycles. The highest BCUT2D eigenvalue weighted by molar-refractivity contribution is 7.89. The third-order valence-electron chi connectivity index (χ3n) is 2.72. The van der Waals surface area contributed by atoms with E-state index in [-0.39, 0.29) is 11.1 Å². The number of nitrogens with zero attached hydrogens (tertiary/aromatic N) is 1. The topological polar surface area (TPSA) is 82.3 Å². The first-order valence-electron chi connectivity index (χ1n) is 5.88. The molecule has 2 rings (SSSR count). The van der Waals surface area contributed by atoms with Gasteiger partial charge in [-0.2, -0.15) is 0 Å². The predicted molar refractivity (Wildman–Crippen MR) is 68.0 cm³/mol. The van der Waals surface area contributed by atoms with Crippen molar-refractivity contribution in [1.82, 2.24) is 4.98 Å². The molecule has 18 heavy (non-hydrogen) atoms. The number of primary sulfonamides is 1. The summed E-state index contributed by atoms with van der Waals surface area (Å²) in [6.45, 7) is 5.75. The van der Waals surface area contributed by atoms with Crippen LogP contribution in [-0.4, -0.2) is 19.5 Å². The summed E-state index contributed by atoms with van der Waals surface area (Å²) in [4.78, 5) is 3.91. The number of sulfonamides is 1. The summed E-state index contributed by atoms with van der Waals surface area (Å²) in [5, 5.41) is 5.13. The molecule has 5 nitrogen and oxygen atoms in total. The van der Waals surface area contributed by atoms with Gasteiger partial charge in [0.25, 0.3) is 10.0 Å². The van der Waals surface area contributed by atoms with Crippen LogP contribution in [0.25, 0.3) is 0 Å². The lowest BCUT2D eigenvalue weighted by atomic mass is 9.87. The number of aromatic nitrogens is 1. The molecule has 6 heteroatoms. The van der Waals surface area contributed by atoms with E-state index in [0.29, 0.717) is 11.3 Å². The van der Waals surface area contributed by atoms with E-state index in [0.717, 1.165) is 12.8 Å². The lowest BCUT2D eigenvalue weighted by molar-refractivity contribution is 0.292. The van der Waals surface area contributed by atoms with Gasteiger partial charge in [0.1, 0.15) is 5.75 Å². The van der Waals surface area contributed by atoms with E-state index in [1.165, 1.54) is 6.20 Å². The second-order valence-electron chi connectivity index (χ2n) is 5.60. The molecular weight excluding hydrogens is 252 g/mol. The number of pyridine rings is 1. The number of hydrogen-bond donors (Lipinski definition) is 1. The summed E-state index contributed by atoms with van der Waals surface area (Å²) in [7, 11) is -3.85. The minimum absolute atomic E-state index is 0.0897. The van der Waals surface area contributed by atoms with Gasteiger partial charge in [-0.05, 0) is 24.3 Å². The molecule has 1 fully saturated rings. The molecule has 1 aromatic heterocycles. The van der Waals surface area contributed by atoms with Crippen LogP contribution in [-0.2, 0) is 15.4 Å². The van der Waals surface area contributed by atoms with Crippen molar-refractivity contribution in [2.45, 2.75) is 50.2 Å². The van der Waals surface area contributed by atoms with Gasteiger partial charge >= 0.3 is 0 Å². The predicted octanol–water partition coefficient (Wildman–Crippen LogP) is 1.57. The van der Waals surface area contributed by atoms with Crippen molar-refractivity contribution in [2.75, 3.05) is 0 Å². The molecular formula is C12H18N2O3S. The Bertz CT molecular complexity index is 557. The number of rotatable bonds is 3.